The topological polar surface area (TPSA) is 40.6 Å². The number of halogens is 1. The van der Waals surface area contributed by atoms with E-state index in [1.165, 1.54) is 0 Å². The van der Waals surface area contributed by atoms with Gasteiger partial charge in [-0.3, -0.25) is 0 Å². The molecule has 2 aliphatic heterocycles. The monoisotopic (exact) mass is 266 g/mol. The van der Waals surface area contributed by atoms with Crippen molar-refractivity contribution in [1.82, 2.24) is 8.61 Å². The Hall–Kier alpha value is 0.160. The SMILES string of the molecule is O=S(=O)(N1CCCC1)N1CCC(CCl)CC1. The van der Waals surface area contributed by atoms with Crippen LogP contribution in [0.1, 0.15) is 25.7 Å². The van der Waals surface area contributed by atoms with Crippen molar-refractivity contribution < 1.29 is 8.42 Å². The van der Waals surface area contributed by atoms with E-state index in [0.717, 1.165) is 25.7 Å². The molecule has 0 unspecified atom stereocenters. The molecule has 0 aromatic heterocycles. The maximum Gasteiger partial charge on any atom is 0.281 e. The van der Waals surface area contributed by atoms with E-state index in [1.54, 1.807) is 8.61 Å². The van der Waals surface area contributed by atoms with Gasteiger partial charge in [0.2, 0.25) is 0 Å². The van der Waals surface area contributed by atoms with Crippen LogP contribution in [0.3, 0.4) is 0 Å². The number of piperidine rings is 1. The molecule has 2 fully saturated rings. The molecule has 2 saturated heterocycles. The van der Waals surface area contributed by atoms with Crippen molar-refractivity contribution in [1.29, 1.82) is 0 Å². The molecular formula is C10H19ClN2O2S. The molecule has 0 aromatic rings. The van der Waals surface area contributed by atoms with Gasteiger partial charge in [-0.05, 0) is 31.6 Å². The molecule has 0 bridgehead atoms. The first-order valence-corrected chi connectivity index (χ1v) is 7.89. The second-order valence-corrected chi connectivity index (χ2v) is 6.85. The van der Waals surface area contributed by atoms with E-state index in [9.17, 15) is 8.42 Å². The summed E-state index contributed by atoms with van der Waals surface area (Å²) in [4.78, 5) is 0. The van der Waals surface area contributed by atoms with Gasteiger partial charge in [-0.25, -0.2) is 0 Å². The van der Waals surface area contributed by atoms with Crippen LogP contribution in [-0.2, 0) is 10.2 Å². The molecule has 0 aromatic carbocycles. The van der Waals surface area contributed by atoms with Gasteiger partial charge in [0, 0.05) is 32.1 Å². The highest BCUT2D eigenvalue weighted by Gasteiger charge is 2.33. The second-order valence-electron chi connectivity index (χ2n) is 4.61. The molecule has 4 nitrogen and oxygen atoms in total. The summed E-state index contributed by atoms with van der Waals surface area (Å²) in [5.74, 6) is 1.14. The van der Waals surface area contributed by atoms with Crippen LogP contribution in [0.2, 0.25) is 0 Å². The quantitative estimate of drug-likeness (QED) is 0.722. The fourth-order valence-electron chi connectivity index (χ4n) is 2.38. The average molecular weight is 267 g/mol. The van der Waals surface area contributed by atoms with Crippen molar-refractivity contribution >= 4 is 21.8 Å². The van der Waals surface area contributed by atoms with E-state index in [0.29, 0.717) is 38.0 Å². The van der Waals surface area contributed by atoms with Crippen LogP contribution in [0.4, 0.5) is 0 Å². The predicted molar refractivity (Wildman–Crippen MR) is 64.7 cm³/mol. The zero-order valence-electron chi connectivity index (χ0n) is 9.44. The first-order chi connectivity index (χ1) is 7.64. The van der Waals surface area contributed by atoms with Crippen molar-refractivity contribution in [3.05, 3.63) is 0 Å². The van der Waals surface area contributed by atoms with E-state index < -0.39 is 10.2 Å². The number of nitrogens with zero attached hydrogens (tertiary/aromatic N) is 2. The van der Waals surface area contributed by atoms with Gasteiger partial charge in [0.05, 0.1) is 0 Å². The highest BCUT2D eigenvalue weighted by molar-refractivity contribution is 7.86. The van der Waals surface area contributed by atoms with Gasteiger partial charge in [0.15, 0.2) is 0 Å². The summed E-state index contributed by atoms with van der Waals surface area (Å²) in [6, 6.07) is 0. The largest absolute Gasteiger partial charge is 0.281 e. The molecule has 6 heteroatoms. The molecule has 16 heavy (non-hydrogen) atoms. The van der Waals surface area contributed by atoms with E-state index in [4.69, 9.17) is 11.6 Å². The zero-order chi connectivity index (χ0) is 11.6. The first-order valence-electron chi connectivity index (χ1n) is 5.96. The Kier molecular flexibility index (Phi) is 4.11. The summed E-state index contributed by atoms with van der Waals surface area (Å²) in [6.07, 6.45) is 3.79. The molecule has 0 N–H and O–H groups in total. The molecule has 2 rings (SSSR count). The van der Waals surface area contributed by atoms with E-state index >= 15 is 0 Å². The maximum absolute atomic E-state index is 12.2. The summed E-state index contributed by atoms with van der Waals surface area (Å²) in [6.45, 7) is 2.65. The van der Waals surface area contributed by atoms with Crippen LogP contribution in [0.15, 0.2) is 0 Å². The fourth-order valence-corrected chi connectivity index (χ4v) is 4.40. The summed E-state index contributed by atoms with van der Waals surface area (Å²) in [5.41, 5.74) is 0. The molecule has 0 saturated carbocycles. The van der Waals surface area contributed by atoms with Crippen LogP contribution < -0.4 is 0 Å². The molecule has 0 amide bonds. The molecule has 0 spiro atoms. The molecule has 2 aliphatic rings. The van der Waals surface area contributed by atoms with E-state index in [1.807, 2.05) is 0 Å². The van der Waals surface area contributed by atoms with Gasteiger partial charge in [-0.15, -0.1) is 11.6 Å². The zero-order valence-corrected chi connectivity index (χ0v) is 11.0. The van der Waals surface area contributed by atoms with Crippen LogP contribution >= 0.6 is 11.6 Å². The Morgan fingerprint density at radius 3 is 2.00 bits per heavy atom. The van der Waals surface area contributed by atoms with Crippen molar-refractivity contribution in [2.24, 2.45) is 5.92 Å². The third-order valence-corrected chi connectivity index (χ3v) is 5.98. The van der Waals surface area contributed by atoms with Gasteiger partial charge in [0.1, 0.15) is 0 Å². The summed E-state index contributed by atoms with van der Waals surface area (Å²) >= 11 is 5.79. The number of hydrogen-bond donors (Lipinski definition) is 0. The van der Waals surface area contributed by atoms with Crippen LogP contribution in [0.25, 0.3) is 0 Å². The number of rotatable bonds is 3. The van der Waals surface area contributed by atoms with Crippen LogP contribution in [0.5, 0.6) is 0 Å². The third-order valence-electron chi connectivity index (χ3n) is 3.51. The number of hydrogen-bond acceptors (Lipinski definition) is 2. The lowest BCUT2D eigenvalue weighted by Gasteiger charge is -2.32. The predicted octanol–water partition coefficient (Wildman–Crippen LogP) is 1.28. The fraction of sp³-hybridized carbons (Fsp3) is 1.00. The summed E-state index contributed by atoms with van der Waals surface area (Å²) in [7, 11) is -3.17. The normalized spacial score (nSPS) is 26.3. The minimum absolute atomic E-state index is 0.492. The van der Waals surface area contributed by atoms with Crippen LogP contribution in [-0.4, -0.2) is 49.1 Å². The van der Waals surface area contributed by atoms with E-state index in [2.05, 4.69) is 0 Å². The Bertz CT molecular complexity index is 320. The standard InChI is InChI=1S/C10H19ClN2O2S/c11-9-10-3-7-13(8-4-10)16(14,15)12-5-1-2-6-12/h10H,1-9H2. The lowest BCUT2D eigenvalue weighted by atomic mass is 10.0. The Balaban J connectivity index is 1.97. The second kappa shape index (κ2) is 5.21. The summed E-state index contributed by atoms with van der Waals surface area (Å²) < 4.78 is 27.6. The van der Waals surface area contributed by atoms with Gasteiger partial charge in [0.25, 0.3) is 10.2 Å². The Morgan fingerprint density at radius 2 is 1.50 bits per heavy atom. The van der Waals surface area contributed by atoms with Crippen molar-refractivity contribution in [3.8, 4) is 0 Å². The molecular weight excluding hydrogens is 248 g/mol. The van der Waals surface area contributed by atoms with E-state index in [-0.39, 0.29) is 0 Å². The highest BCUT2D eigenvalue weighted by Crippen LogP contribution is 2.24. The smallest absolute Gasteiger partial charge is 0.195 e. The average Bonchev–Trinajstić information content (AvgIpc) is 2.83. The molecule has 0 aliphatic carbocycles. The molecule has 94 valence electrons. The minimum atomic E-state index is -3.17. The highest BCUT2D eigenvalue weighted by atomic mass is 35.5. The van der Waals surface area contributed by atoms with Crippen molar-refractivity contribution in [3.63, 3.8) is 0 Å². The third kappa shape index (κ3) is 2.53. The molecule has 2 heterocycles. The Labute approximate surface area is 103 Å². The van der Waals surface area contributed by atoms with Crippen molar-refractivity contribution in [2.45, 2.75) is 25.7 Å². The van der Waals surface area contributed by atoms with Gasteiger partial charge >= 0.3 is 0 Å². The molecule has 0 atom stereocenters. The molecule has 0 radical (unpaired) electrons. The minimum Gasteiger partial charge on any atom is -0.195 e. The van der Waals surface area contributed by atoms with Crippen LogP contribution in [0, 0.1) is 5.92 Å². The lowest BCUT2D eigenvalue weighted by Crippen LogP contribution is -2.46. The first kappa shape index (κ1) is 12.6. The lowest BCUT2D eigenvalue weighted by molar-refractivity contribution is 0.272. The Morgan fingerprint density at radius 1 is 1.00 bits per heavy atom. The summed E-state index contributed by atoms with van der Waals surface area (Å²) in [5, 5.41) is 0. The maximum atomic E-state index is 12.2. The van der Waals surface area contributed by atoms with Gasteiger partial charge in [-0.2, -0.15) is 17.0 Å². The van der Waals surface area contributed by atoms with Gasteiger partial charge < -0.3 is 0 Å². The van der Waals surface area contributed by atoms with Gasteiger partial charge in [-0.1, -0.05) is 0 Å². The van der Waals surface area contributed by atoms with Crippen molar-refractivity contribution in [2.75, 3.05) is 32.1 Å². The number of alkyl halides is 1.